The highest BCUT2D eigenvalue weighted by molar-refractivity contribution is 5.73. The summed E-state index contributed by atoms with van der Waals surface area (Å²) < 4.78 is 15.3. The van der Waals surface area contributed by atoms with Crippen molar-refractivity contribution >= 4 is 11.7 Å². The number of carboxylic acid groups (broad SMARTS) is 1. The van der Waals surface area contributed by atoms with Crippen LogP contribution in [0.4, 0.5) is 5.69 Å². The SMILES string of the molecule is CC(C)[C@@H](C)[C@@]1(C)CC[C@]2(C)[C@H]3CC[C@@H]4[C@@]5(COC[C@]4(C)[C@@H](OC[C@H](N)C(C)(C)C)[C@H](n4cc([N+](=O)[O-])cn4)C5)C3=CC[C@@]2(C)[C@@H]1C(=O)O. The van der Waals surface area contributed by atoms with Crippen LogP contribution in [0.15, 0.2) is 24.0 Å². The van der Waals surface area contributed by atoms with Crippen molar-refractivity contribution in [3.63, 3.8) is 0 Å². The quantitative estimate of drug-likeness (QED) is 0.162. The summed E-state index contributed by atoms with van der Waals surface area (Å²) in [6.07, 6.45) is 10.4. The van der Waals surface area contributed by atoms with Crippen LogP contribution in [-0.2, 0) is 14.3 Å². The highest BCUT2D eigenvalue weighted by Gasteiger charge is 2.72. The number of allylic oxidation sites excluding steroid dienone is 1. The Bertz CT molecular complexity index is 1500. The number of aliphatic carboxylic acids is 1. The van der Waals surface area contributed by atoms with Crippen LogP contribution >= 0.6 is 0 Å². The third-order valence-corrected chi connectivity index (χ3v) is 15.8. The van der Waals surface area contributed by atoms with E-state index in [1.807, 2.05) is 0 Å². The number of rotatable bonds is 8. The van der Waals surface area contributed by atoms with Crippen molar-refractivity contribution in [3.8, 4) is 0 Å². The highest BCUT2D eigenvalue weighted by atomic mass is 16.6. The van der Waals surface area contributed by atoms with Crippen molar-refractivity contribution in [2.75, 3.05) is 19.8 Å². The second kappa shape index (κ2) is 11.9. The molecule has 3 saturated carbocycles. The first-order valence-electron chi connectivity index (χ1n) is 18.7. The number of nitrogens with zero attached hydrogens (tertiary/aromatic N) is 3. The van der Waals surface area contributed by atoms with Crippen LogP contribution in [0.5, 0.6) is 0 Å². The summed E-state index contributed by atoms with van der Waals surface area (Å²) in [7, 11) is 0. The van der Waals surface area contributed by atoms with Crippen molar-refractivity contribution in [2.24, 2.45) is 67.8 Å². The summed E-state index contributed by atoms with van der Waals surface area (Å²) >= 11 is 0. The van der Waals surface area contributed by atoms with Gasteiger partial charge in [-0.05, 0) is 83.9 Å². The van der Waals surface area contributed by atoms with E-state index in [9.17, 15) is 20.0 Å². The van der Waals surface area contributed by atoms with Gasteiger partial charge in [0.2, 0.25) is 0 Å². The van der Waals surface area contributed by atoms with Crippen LogP contribution in [0.25, 0.3) is 0 Å². The molecule has 1 aliphatic heterocycles. The minimum absolute atomic E-state index is 0.0291. The van der Waals surface area contributed by atoms with E-state index >= 15 is 0 Å². The van der Waals surface area contributed by atoms with Gasteiger partial charge in [-0.1, -0.05) is 80.9 Å². The van der Waals surface area contributed by atoms with Crippen molar-refractivity contribution in [1.82, 2.24) is 9.78 Å². The number of hydrogen-bond acceptors (Lipinski definition) is 7. The molecule has 274 valence electrons. The fourth-order valence-corrected chi connectivity index (χ4v) is 12.2. The van der Waals surface area contributed by atoms with E-state index in [1.54, 1.807) is 10.9 Å². The molecular weight excluding hydrogens is 620 g/mol. The largest absolute Gasteiger partial charge is 0.481 e. The molecule has 2 bridgehead atoms. The molecule has 1 saturated heterocycles. The summed E-state index contributed by atoms with van der Waals surface area (Å²) in [5.41, 5.74) is 6.30. The minimum atomic E-state index is -0.660. The molecule has 6 rings (SSSR count). The van der Waals surface area contributed by atoms with Crippen LogP contribution in [0.2, 0.25) is 0 Å². The molecular formula is C39H62N4O6. The molecule has 2 heterocycles. The first-order chi connectivity index (χ1) is 22.7. The Morgan fingerprint density at radius 1 is 1.16 bits per heavy atom. The van der Waals surface area contributed by atoms with Crippen LogP contribution in [0, 0.1) is 72.2 Å². The fraction of sp³-hybridized carbons (Fsp3) is 0.846. The van der Waals surface area contributed by atoms with E-state index in [-0.39, 0.29) is 73.6 Å². The average molecular weight is 683 g/mol. The van der Waals surface area contributed by atoms with Crippen LogP contribution in [0.3, 0.4) is 0 Å². The summed E-state index contributed by atoms with van der Waals surface area (Å²) in [5, 5.41) is 27.4. The molecule has 3 N–H and O–H groups in total. The van der Waals surface area contributed by atoms with Gasteiger partial charge in [-0.2, -0.15) is 5.10 Å². The molecule has 10 heteroatoms. The van der Waals surface area contributed by atoms with Crippen LogP contribution < -0.4 is 5.73 Å². The molecule has 5 aliphatic rings. The molecule has 4 aliphatic carbocycles. The Labute approximate surface area is 293 Å². The Hall–Kier alpha value is -2.30. The number of nitro groups is 1. The molecule has 10 nitrogen and oxygen atoms in total. The van der Waals surface area contributed by atoms with E-state index in [0.29, 0.717) is 32.2 Å². The first-order valence-corrected chi connectivity index (χ1v) is 18.7. The molecule has 0 radical (unpaired) electrons. The van der Waals surface area contributed by atoms with Gasteiger partial charge in [0.15, 0.2) is 0 Å². The number of ether oxygens (including phenoxy) is 2. The zero-order valence-corrected chi connectivity index (χ0v) is 31.6. The maximum atomic E-state index is 13.4. The van der Waals surface area contributed by atoms with E-state index in [4.69, 9.17) is 15.2 Å². The molecule has 0 spiro atoms. The number of carbonyl (C=O) groups is 1. The van der Waals surface area contributed by atoms with Gasteiger partial charge < -0.3 is 20.3 Å². The lowest BCUT2D eigenvalue weighted by molar-refractivity contribution is -0.385. The molecule has 49 heavy (non-hydrogen) atoms. The van der Waals surface area contributed by atoms with Crippen LogP contribution in [-0.4, -0.2) is 57.7 Å². The molecule has 0 unspecified atom stereocenters. The van der Waals surface area contributed by atoms with E-state index in [2.05, 4.69) is 80.4 Å². The lowest BCUT2D eigenvalue weighted by Gasteiger charge is -2.71. The van der Waals surface area contributed by atoms with Gasteiger partial charge in [0.05, 0.1) is 42.8 Å². The van der Waals surface area contributed by atoms with Gasteiger partial charge in [-0.25, -0.2) is 0 Å². The number of fused-ring (bicyclic) bond motifs is 3. The Kier molecular flexibility index (Phi) is 8.84. The lowest BCUT2D eigenvalue weighted by Crippen LogP contribution is -2.69. The van der Waals surface area contributed by atoms with Gasteiger partial charge in [0, 0.05) is 16.9 Å². The minimum Gasteiger partial charge on any atom is -0.481 e. The van der Waals surface area contributed by atoms with Gasteiger partial charge in [0.25, 0.3) is 0 Å². The standard InChI is InChI=1S/C39H62N4O6/c1-23(2)24(3)35(7)15-16-37(9)26-11-12-29-36(8)21-48-22-39(29,27(26)13-14-38(37,10)31(35)33(44)45)17-28(42-19-25(18-41-42)43(46)47)32(36)49-20-30(40)34(4,5)6/h13,18-19,23-24,26,28-32H,11-12,14-17,20-22,40H2,1-10H3,(H,44,45)/t24-,26+,28-,29+,30+,31-,32+,35-,36+,37-,38+,39+/m1/s1. The van der Waals surface area contributed by atoms with Gasteiger partial charge in [0.1, 0.15) is 12.4 Å². The zero-order chi connectivity index (χ0) is 36.1. The van der Waals surface area contributed by atoms with E-state index in [1.165, 1.54) is 11.8 Å². The maximum Gasteiger partial charge on any atom is 0.307 e. The van der Waals surface area contributed by atoms with Crippen LogP contribution in [0.1, 0.15) is 114 Å². The zero-order valence-electron chi connectivity index (χ0n) is 31.6. The topological polar surface area (TPSA) is 143 Å². The molecule has 1 aromatic heterocycles. The van der Waals surface area contributed by atoms with Gasteiger partial charge in [-0.3, -0.25) is 19.6 Å². The van der Waals surface area contributed by atoms with Gasteiger partial charge in [-0.15, -0.1) is 0 Å². The Morgan fingerprint density at radius 2 is 1.86 bits per heavy atom. The van der Waals surface area contributed by atoms with Gasteiger partial charge >= 0.3 is 11.7 Å². The van der Waals surface area contributed by atoms with E-state index < -0.39 is 17.3 Å². The molecule has 0 aromatic carbocycles. The summed E-state index contributed by atoms with van der Waals surface area (Å²) in [5.74, 6) is 0.0762. The summed E-state index contributed by atoms with van der Waals surface area (Å²) in [4.78, 5) is 24.9. The fourth-order valence-electron chi connectivity index (χ4n) is 12.2. The van der Waals surface area contributed by atoms with Crippen molar-refractivity contribution in [2.45, 2.75) is 126 Å². The third-order valence-electron chi connectivity index (χ3n) is 15.8. The number of aromatic nitrogens is 2. The highest BCUT2D eigenvalue weighted by Crippen LogP contribution is 2.75. The molecule has 12 atom stereocenters. The number of nitrogens with two attached hydrogens (primary N) is 1. The molecule has 4 fully saturated rings. The van der Waals surface area contributed by atoms with E-state index in [0.717, 1.165) is 32.1 Å². The van der Waals surface area contributed by atoms with Crippen molar-refractivity contribution < 1.29 is 24.3 Å². The normalized spacial score (nSPS) is 43.1. The average Bonchev–Trinajstić information content (AvgIpc) is 3.50. The first kappa shape index (κ1) is 36.5. The lowest BCUT2D eigenvalue weighted by atomic mass is 9.34. The Balaban J connectivity index is 1.45. The smallest absolute Gasteiger partial charge is 0.307 e. The Morgan fingerprint density at radius 3 is 2.45 bits per heavy atom. The predicted molar refractivity (Wildman–Crippen MR) is 189 cm³/mol. The number of hydrogen-bond donors (Lipinski definition) is 2. The molecule has 0 amide bonds. The third kappa shape index (κ3) is 5.19. The molecule has 1 aromatic rings. The second-order valence-electron chi connectivity index (χ2n) is 19.3. The number of carboxylic acids is 1. The monoisotopic (exact) mass is 682 g/mol. The predicted octanol–water partition coefficient (Wildman–Crippen LogP) is 7.68. The summed E-state index contributed by atoms with van der Waals surface area (Å²) in [6.45, 7) is 23.8. The second-order valence-corrected chi connectivity index (χ2v) is 19.3. The van der Waals surface area contributed by atoms with Crippen molar-refractivity contribution in [3.05, 3.63) is 34.2 Å². The maximum absolute atomic E-state index is 13.4. The summed E-state index contributed by atoms with van der Waals surface area (Å²) in [6, 6.07) is -0.438. The van der Waals surface area contributed by atoms with Crippen molar-refractivity contribution in [1.29, 1.82) is 0 Å².